The number of ether oxygens (including phenoxy) is 1. The van der Waals surface area contributed by atoms with Crippen LogP contribution < -0.4 is 0 Å². The van der Waals surface area contributed by atoms with E-state index in [4.69, 9.17) is 16.3 Å². The molecular formula is C11H18ClNO3S2. The molecule has 1 aromatic heterocycles. The Morgan fingerprint density at radius 3 is 2.61 bits per heavy atom. The molecule has 0 bridgehead atoms. The number of aryl methyl sites for hydroxylation is 1. The highest BCUT2D eigenvalue weighted by atomic mass is 35.5. The molecule has 0 saturated heterocycles. The predicted octanol–water partition coefficient (Wildman–Crippen LogP) is 2.45. The van der Waals surface area contributed by atoms with Crippen LogP contribution in [-0.4, -0.2) is 39.5 Å². The van der Waals surface area contributed by atoms with Gasteiger partial charge in [-0.1, -0.05) is 0 Å². The molecule has 0 fully saturated rings. The lowest BCUT2D eigenvalue weighted by Gasteiger charge is -2.23. The number of rotatable bonds is 6. The summed E-state index contributed by atoms with van der Waals surface area (Å²) in [6.07, 6.45) is 0. The van der Waals surface area contributed by atoms with Gasteiger partial charge in [0.25, 0.3) is 0 Å². The van der Waals surface area contributed by atoms with E-state index in [1.165, 1.54) is 15.6 Å². The van der Waals surface area contributed by atoms with Crippen LogP contribution >= 0.6 is 22.9 Å². The Balaban J connectivity index is 3.08. The van der Waals surface area contributed by atoms with Crippen LogP contribution in [0.4, 0.5) is 0 Å². The maximum absolute atomic E-state index is 12.4. The van der Waals surface area contributed by atoms with E-state index in [2.05, 4.69) is 0 Å². The van der Waals surface area contributed by atoms with Crippen LogP contribution in [0.25, 0.3) is 0 Å². The zero-order valence-corrected chi connectivity index (χ0v) is 13.3. The van der Waals surface area contributed by atoms with E-state index < -0.39 is 10.0 Å². The fourth-order valence-corrected chi connectivity index (χ4v) is 4.62. The summed E-state index contributed by atoms with van der Waals surface area (Å²) < 4.78 is 31.2. The average molecular weight is 312 g/mol. The van der Waals surface area contributed by atoms with Gasteiger partial charge in [-0.05, 0) is 19.9 Å². The normalized spacial score (nSPS) is 14.1. The molecule has 0 spiro atoms. The summed E-state index contributed by atoms with van der Waals surface area (Å²) in [6.45, 7) is 3.97. The number of methoxy groups -OCH3 is 1. The fourth-order valence-electron chi connectivity index (χ4n) is 1.58. The average Bonchev–Trinajstić information content (AvgIpc) is 2.70. The van der Waals surface area contributed by atoms with Crippen molar-refractivity contribution in [3.63, 3.8) is 0 Å². The van der Waals surface area contributed by atoms with Crippen LogP contribution in [0.3, 0.4) is 0 Å². The highest BCUT2D eigenvalue weighted by molar-refractivity contribution is 7.89. The zero-order valence-electron chi connectivity index (χ0n) is 10.9. The van der Waals surface area contributed by atoms with E-state index in [0.717, 1.165) is 9.75 Å². The molecule has 0 aliphatic heterocycles. The zero-order chi connectivity index (χ0) is 13.9. The Bertz CT molecular complexity index is 498. The molecule has 0 aromatic carbocycles. The Kier molecular flexibility index (Phi) is 5.61. The second-order valence-corrected chi connectivity index (χ2v) is 7.67. The number of hydrogen-bond donors (Lipinski definition) is 0. The molecule has 0 aliphatic carbocycles. The second-order valence-electron chi connectivity index (χ2n) is 4.09. The van der Waals surface area contributed by atoms with Gasteiger partial charge in [0.05, 0.1) is 17.4 Å². The standard InChI is InChI=1S/C11H18ClNO3S2/c1-8(7-16-4)13(3)18(14,15)11-5-10(6-12)17-9(11)2/h5,8H,6-7H2,1-4H3. The first-order valence-electron chi connectivity index (χ1n) is 5.46. The van der Waals surface area contributed by atoms with Gasteiger partial charge < -0.3 is 4.74 Å². The van der Waals surface area contributed by atoms with E-state index >= 15 is 0 Å². The van der Waals surface area contributed by atoms with Crippen LogP contribution in [-0.2, 0) is 20.6 Å². The highest BCUT2D eigenvalue weighted by Crippen LogP contribution is 2.29. The van der Waals surface area contributed by atoms with Gasteiger partial charge >= 0.3 is 0 Å². The number of sulfonamides is 1. The van der Waals surface area contributed by atoms with Gasteiger partial charge in [-0.2, -0.15) is 4.31 Å². The molecule has 1 rings (SSSR count). The first-order valence-corrected chi connectivity index (χ1v) is 8.26. The van der Waals surface area contributed by atoms with Crippen molar-refractivity contribution >= 4 is 33.0 Å². The quantitative estimate of drug-likeness (QED) is 0.758. The molecule has 0 saturated carbocycles. The molecule has 0 radical (unpaired) electrons. The minimum atomic E-state index is -3.48. The van der Waals surface area contributed by atoms with Gasteiger partial charge in [0.2, 0.25) is 10.0 Å². The topological polar surface area (TPSA) is 46.6 Å². The van der Waals surface area contributed by atoms with Crippen molar-refractivity contribution in [3.05, 3.63) is 15.8 Å². The number of thiophene rings is 1. The molecule has 0 N–H and O–H groups in total. The van der Waals surface area contributed by atoms with Crippen molar-refractivity contribution in [2.24, 2.45) is 0 Å². The summed E-state index contributed by atoms with van der Waals surface area (Å²) in [5.74, 6) is 0.332. The van der Waals surface area contributed by atoms with E-state index in [1.54, 1.807) is 27.1 Å². The van der Waals surface area contributed by atoms with Gasteiger partial charge in [-0.25, -0.2) is 8.42 Å². The van der Waals surface area contributed by atoms with Gasteiger partial charge in [0.15, 0.2) is 0 Å². The molecular weight excluding hydrogens is 294 g/mol. The molecule has 104 valence electrons. The van der Waals surface area contributed by atoms with Crippen molar-refractivity contribution in [2.45, 2.75) is 30.7 Å². The molecule has 4 nitrogen and oxygen atoms in total. The first kappa shape index (κ1) is 15.9. The minimum absolute atomic E-state index is 0.209. The van der Waals surface area contributed by atoms with Crippen LogP contribution in [0.5, 0.6) is 0 Å². The molecule has 1 unspecified atom stereocenters. The summed E-state index contributed by atoms with van der Waals surface area (Å²) >= 11 is 7.15. The van der Waals surface area contributed by atoms with E-state index in [-0.39, 0.29) is 6.04 Å². The van der Waals surface area contributed by atoms with Crippen molar-refractivity contribution in [3.8, 4) is 0 Å². The summed E-state index contributed by atoms with van der Waals surface area (Å²) in [6, 6.07) is 1.44. The van der Waals surface area contributed by atoms with Gasteiger partial charge in [-0.3, -0.25) is 0 Å². The Hall–Kier alpha value is -0.140. The Morgan fingerprint density at radius 2 is 2.17 bits per heavy atom. The monoisotopic (exact) mass is 311 g/mol. The maximum atomic E-state index is 12.4. The van der Waals surface area contributed by atoms with Gasteiger partial charge in [0, 0.05) is 30.0 Å². The molecule has 18 heavy (non-hydrogen) atoms. The lowest BCUT2D eigenvalue weighted by molar-refractivity contribution is 0.149. The number of halogens is 1. The predicted molar refractivity (Wildman–Crippen MR) is 74.9 cm³/mol. The van der Waals surface area contributed by atoms with Crippen LogP contribution in [0.15, 0.2) is 11.0 Å². The van der Waals surface area contributed by atoms with Crippen LogP contribution in [0, 0.1) is 6.92 Å². The second kappa shape index (κ2) is 6.34. The van der Waals surface area contributed by atoms with Crippen LogP contribution in [0.1, 0.15) is 16.7 Å². The minimum Gasteiger partial charge on any atom is -0.383 e. The molecule has 0 amide bonds. The van der Waals surface area contributed by atoms with Crippen LogP contribution in [0.2, 0.25) is 0 Å². The van der Waals surface area contributed by atoms with Crippen molar-refractivity contribution in [1.82, 2.24) is 4.31 Å². The van der Waals surface area contributed by atoms with Crippen molar-refractivity contribution in [2.75, 3.05) is 20.8 Å². The third kappa shape index (κ3) is 3.24. The van der Waals surface area contributed by atoms with Gasteiger partial charge in [0.1, 0.15) is 0 Å². The third-order valence-corrected chi connectivity index (χ3v) is 6.46. The van der Waals surface area contributed by atoms with E-state index in [1.807, 2.05) is 6.92 Å². The Morgan fingerprint density at radius 1 is 1.56 bits per heavy atom. The number of alkyl halides is 1. The number of likely N-dealkylation sites (N-methyl/N-ethyl adjacent to an activating group) is 1. The molecule has 1 heterocycles. The number of hydrogen-bond acceptors (Lipinski definition) is 4. The molecule has 1 aromatic rings. The lowest BCUT2D eigenvalue weighted by Crippen LogP contribution is -2.37. The van der Waals surface area contributed by atoms with E-state index in [9.17, 15) is 8.42 Å². The van der Waals surface area contributed by atoms with Gasteiger partial charge in [-0.15, -0.1) is 22.9 Å². The van der Waals surface area contributed by atoms with Crippen molar-refractivity contribution in [1.29, 1.82) is 0 Å². The summed E-state index contributed by atoms with van der Waals surface area (Å²) in [5.41, 5.74) is 0. The Labute approximate surface area is 118 Å². The first-order chi connectivity index (χ1) is 8.34. The van der Waals surface area contributed by atoms with E-state index in [0.29, 0.717) is 17.4 Å². The summed E-state index contributed by atoms with van der Waals surface area (Å²) in [4.78, 5) is 1.97. The smallest absolute Gasteiger partial charge is 0.244 e. The molecule has 1 atom stereocenters. The summed E-state index contributed by atoms with van der Waals surface area (Å²) in [7, 11) is -0.355. The number of nitrogens with zero attached hydrogens (tertiary/aromatic N) is 1. The summed E-state index contributed by atoms with van der Waals surface area (Å²) in [5, 5.41) is 0. The fraction of sp³-hybridized carbons (Fsp3) is 0.636. The third-order valence-electron chi connectivity index (χ3n) is 2.74. The molecule has 0 aliphatic rings. The lowest BCUT2D eigenvalue weighted by atomic mass is 10.4. The molecule has 7 heteroatoms. The SMILES string of the molecule is COCC(C)N(C)S(=O)(=O)c1cc(CCl)sc1C. The highest BCUT2D eigenvalue weighted by Gasteiger charge is 2.28. The van der Waals surface area contributed by atoms with Crippen molar-refractivity contribution < 1.29 is 13.2 Å². The largest absolute Gasteiger partial charge is 0.383 e. The maximum Gasteiger partial charge on any atom is 0.244 e.